The van der Waals surface area contributed by atoms with Crippen molar-refractivity contribution in [3.05, 3.63) is 130 Å². The maximum absolute atomic E-state index is 13.4. The molecule has 0 atom stereocenters. The zero-order valence-electron chi connectivity index (χ0n) is 19.1. The number of carboxylic acids is 1. The molecule has 1 heterocycles. The Bertz CT molecular complexity index is 1620. The molecule has 7 nitrogen and oxygen atoms in total. The molecular formula is C29H21N3O4. The van der Waals surface area contributed by atoms with E-state index >= 15 is 0 Å². The molecule has 7 heteroatoms. The molecule has 0 fully saturated rings. The number of ether oxygens (including phenoxy) is 1. The number of fused-ring (bicyclic) bond motifs is 1. The Morgan fingerprint density at radius 3 is 2.36 bits per heavy atom. The summed E-state index contributed by atoms with van der Waals surface area (Å²) in [5.74, 6) is 0.0383. The summed E-state index contributed by atoms with van der Waals surface area (Å²) in [7, 11) is 0. The Morgan fingerprint density at radius 1 is 0.889 bits per heavy atom. The summed E-state index contributed by atoms with van der Waals surface area (Å²) in [4.78, 5) is 29.1. The summed E-state index contributed by atoms with van der Waals surface area (Å²) in [5.41, 5.74) is 2.83. The minimum atomic E-state index is -0.975. The molecule has 0 radical (unpaired) electrons. The van der Waals surface area contributed by atoms with Crippen molar-refractivity contribution >= 4 is 23.1 Å². The lowest BCUT2D eigenvalue weighted by molar-refractivity contribution is 0.0697. The molecule has 0 saturated heterocycles. The highest BCUT2D eigenvalue weighted by Crippen LogP contribution is 2.21. The van der Waals surface area contributed by atoms with Crippen molar-refractivity contribution in [2.45, 2.75) is 6.61 Å². The van der Waals surface area contributed by atoms with Crippen LogP contribution in [0.15, 0.2) is 113 Å². The molecule has 0 amide bonds. The molecule has 0 aliphatic carbocycles. The zero-order valence-corrected chi connectivity index (χ0v) is 19.1. The molecule has 0 spiro atoms. The van der Waals surface area contributed by atoms with Gasteiger partial charge in [0.25, 0.3) is 5.56 Å². The average Bonchev–Trinajstić information content (AvgIpc) is 2.92. The van der Waals surface area contributed by atoms with Crippen LogP contribution in [0, 0.1) is 0 Å². The Kier molecular flexibility index (Phi) is 6.36. The predicted octanol–water partition coefficient (Wildman–Crippen LogP) is 5.22. The van der Waals surface area contributed by atoms with Crippen molar-refractivity contribution in [2.75, 3.05) is 0 Å². The minimum absolute atomic E-state index is 0.218. The van der Waals surface area contributed by atoms with Gasteiger partial charge < -0.3 is 9.84 Å². The van der Waals surface area contributed by atoms with E-state index in [-0.39, 0.29) is 17.7 Å². The van der Waals surface area contributed by atoms with Gasteiger partial charge in [0, 0.05) is 11.1 Å². The van der Waals surface area contributed by atoms with E-state index < -0.39 is 5.97 Å². The first kappa shape index (κ1) is 22.7. The highest BCUT2D eigenvalue weighted by atomic mass is 16.5. The van der Waals surface area contributed by atoms with E-state index in [0.29, 0.717) is 28.0 Å². The van der Waals surface area contributed by atoms with Crippen molar-refractivity contribution < 1.29 is 14.6 Å². The van der Waals surface area contributed by atoms with Gasteiger partial charge in [0.05, 0.1) is 22.7 Å². The SMILES string of the molecule is O=C(O)c1ccc(COc2ccccc2C=Nn2c(-c3ccccc3)nc3ccccc3c2=O)cc1. The van der Waals surface area contributed by atoms with E-state index in [9.17, 15) is 9.59 Å². The van der Waals surface area contributed by atoms with Crippen LogP contribution in [0.3, 0.4) is 0 Å². The summed E-state index contributed by atoms with van der Waals surface area (Å²) < 4.78 is 7.29. The molecule has 1 N–H and O–H groups in total. The summed E-state index contributed by atoms with van der Waals surface area (Å²) >= 11 is 0. The molecule has 0 aliphatic heterocycles. The van der Waals surface area contributed by atoms with Gasteiger partial charge >= 0.3 is 5.97 Å². The first-order chi connectivity index (χ1) is 17.6. The second-order valence-corrected chi connectivity index (χ2v) is 8.01. The number of hydrogen-bond acceptors (Lipinski definition) is 5. The second kappa shape index (κ2) is 10.1. The van der Waals surface area contributed by atoms with Crippen molar-refractivity contribution in [2.24, 2.45) is 5.10 Å². The number of para-hydroxylation sites is 2. The van der Waals surface area contributed by atoms with Crippen LogP contribution in [0.1, 0.15) is 21.5 Å². The molecule has 1 aromatic heterocycles. The van der Waals surface area contributed by atoms with Gasteiger partial charge in [0.15, 0.2) is 5.82 Å². The molecule has 0 unspecified atom stereocenters. The van der Waals surface area contributed by atoms with E-state index in [2.05, 4.69) is 5.10 Å². The molecule has 176 valence electrons. The van der Waals surface area contributed by atoms with Crippen LogP contribution in [0.2, 0.25) is 0 Å². The van der Waals surface area contributed by atoms with E-state index in [1.54, 1.807) is 42.6 Å². The molecular weight excluding hydrogens is 454 g/mol. The number of carbonyl (C=O) groups is 1. The first-order valence-electron chi connectivity index (χ1n) is 11.3. The number of carboxylic acid groups (broad SMARTS) is 1. The van der Waals surface area contributed by atoms with Crippen LogP contribution in [-0.2, 0) is 6.61 Å². The third kappa shape index (κ3) is 4.76. The van der Waals surface area contributed by atoms with Gasteiger partial charge in [-0.25, -0.2) is 9.78 Å². The number of benzene rings is 4. The number of rotatable bonds is 7. The van der Waals surface area contributed by atoms with Gasteiger partial charge in [-0.15, -0.1) is 0 Å². The topological polar surface area (TPSA) is 93.8 Å². The van der Waals surface area contributed by atoms with Gasteiger partial charge in [-0.2, -0.15) is 9.78 Å². The lowest BCUT2D eigenvalue weighted by Crippen LogP contribution is -2.20. The van der Waals surface area contributed by atoms with E-state index in [0.717, 1.165) is 11.1 Å². The smallest absolute Gasteiger partial charge is 0.335 e. The van der Waals surface area contributed by atoms with Crippen molar-refractivity contribution in [1.82, 2.24) is 9.66 Å². The number of nitrogens with zero attached hydrogens (tertiary/aromatic N) is 3. The summed E-state index contributed by atoms with van der Waals surface area (Å²) in [6.07, 6.45) is 1.58. The molecule has 0 aliphatic rings. The van der Waals surface area contributed by atoms with Crippen molar-refractivity contribution in [1.29, 1.82) is 0 Å². The molecule has 0 bridgehead atoms. The zero-order chi connectivity index (χ0) is 24.9. The van der Waals surface area contributed by atoms with Gasteiger partial charge in [-0.05, 0) is 42.0 Å². The van der Waals surface area contributed by atoms with Crippen LogP contribution in [0.25, 0.3) is 22.3 Å². The summed E-state index contributed by atoms with van der Waals surface area (Å²) in [6, 6.07) is 30.5. The van der Waals surface area contributed by atoms with Crippen LogP contribution < -0.4 is 10.3 Å². The largest absolute Gasteiger partial charge is 0.488 e. The standard InChI is InChI=1S/C29H21N3O4/c33-28-24-11-5-6-12-25(24)31-27(21-8-2-1-3-9-21)32(28)30-18-23-10-4-7-13-26(23)36-19-20-14-16-22(17-15-20)29(34)35/h1-18H,19H2,(H,34,35). The Hall–Kier alpha value is -5.04. The van der Waals surface area contributed by atoms with Gasteiger partial charge in [-0.3, -0.25) is 4.79 Å². The van der Waals surface area contributed by atoms with Gasteiger partial charge in [0.1, 0.15) is 12.4 Å². The second-order valence-electron chi connectivity index (χ2n) is 8.01. The molecule has 5 rings (SSSR count). The lowest BCUT2D eigenvalue weighted by atomic mass is 10.1. The van der Waals surface area contributed by atoms with E-state index in [4.69, 9.17) is 14.8 Å². The predicted molar refractivity (Wildman–Crippen MR) is 139 cm³/mol. The average molecular weight is 476 g/mol. The van der Waals surface area contributed by atoms with Gasteiger partial charge in [0.2, 0.25) is 0 Å². The van der Waals surface area contributed by atoms with Crippen molar-refractivity contribution in [3.8, 4) is 17.1 Å². The molecule has 4 aromatic carbocycles. The molecule has 0 saturated carbocycles. The molecule has 36 heavy (non-hydrogen) atoms. The maximum atomic E-state index is 13.4. The number of aromatic nitrogens is 2. The minimum Gasteiger partial charge on any atom is -0.488 e. The number of hydrogen-bond donors (Lipinski definition) is 1. The van der Waals surface area contributed by atoms with E-state index in [1.165, 1.54) is 4.68 Å². The highest BCUT2D eigenvalue weighted by molar-refractivity contribution is 5.87. The van der Waals surface area contributed by atoms with Crippen LogP contribution in [-0.4, -0.2) is 27.0 Å². The van der Waals surface area contributed by atoms with E-state index in [1.807, 2.05) is 66.7 Å². The third-order valence-electron chi connectivity index (χ3n) is 5.61. The first-order valence-corrected chi connectivity index (χ1v) is 11.3. The fraction of sp³-hybridized carbons (Fsp3) is 0.0345. The molecule has 5 aromatic rings. The summed E-state index contributed by atoms with van der Waals surface area (Å²) in [5, 5.41) is 14.1. The quantitative estimate of drug-likeness (QED) is 0.326. The lowest BCUT2D eigenvalue weighted by Gasteiger charge is -2.11. The fourth-order valence-corrected chi connectivity index (χ4v) is 3.75. The van der Waals surface area contributed by atoms with Gasteiger partial charge in [-0.1, -0.05) is 66.7 Å². The highest BCUT2D eigenvalue weighted by Gasteiger charge is 2.12. The fourth-order valence-electron chi connectivity index (χ4n) is 3.75. The summed E-state index contributed by atoms with van der Waals surface area (Å²) in [6.45, 7) is 0.248. The Morgan fingerprint density at radius 2 is 1.58 bits per heavy atom. The number of aromatic carboxylic acids is 1. The maximum Gasteiger partial charge on any atom is 0.335 e. The van der Waals surface area contributed by atoms with Crippen LogP contribution in [0.5, 0.6) is 5.75 Å². The normalized spacial score (nSPS) is 11.1. The Labute approximate surface area is 206 Å². The Balaban J connectivity index is 1.49. The van der Waals surface area contributed by atoms with Crippen LogP contribution in [0.4, 0.5) is 0 Å². The monoisotopic (exact) mass is 475 g/mol. The van der Waals surface area contributed by atoms with Crippen LogP contribution >= 0.6 is 0 Å². The third-order valence-corrected chi connectivity index (χ3v) is 5.61. The van der Waals surface area contributed by atoms with Crippen molar-refractivity contribution in [3.63, 3.8) is 0 Å².